The van der Waals surface area contributed by atoms with Crippen molar-refractivity contribution in [3.63, 3.8) is 0 Å². The first kappa shape index (κ1) is 20.0. The Morgan fingerprint density at radius 3 is 2.56 bits per heavy atom. The first-order valence-corrected chi connectivity index (χ1v) is 11.3. The van der Waals surface area contributed by atoms with Crippen molar-refractivity contribution in [2.24, 2.45) is 10.9 Å². The lowest BCUT2D eigenvalue weighted by Crippen LogP contribution is -2.45. The number of rotatable bonds is 7. The average molecular weight is 373 g/mol. The number of carbonyl (C=O) groups excluding carboxylic acids is 1. The van der Waals surface area contributed by atoms with Crippen LogP contribution in [0.2, 0.25) is 0 Å². The highest BCUT2D eigenvalue weighted by Crippen LogP contribution is 2.27. The second-order valence-corrected chi connectivity index (χ2v) is 9.37. The Balaban J connectivity index is 1.84. The number of nitrogens with one attached hydrogen (secondary N) is 2. The summed E-state index contributed by atoms with van der Waals surface area (Å²) >= 11 is 0. The number of likely N-dealkylation sites (tertiary alicyclic amines) is 1. The number of hydrogen-bond acceptors (Lipinski definition) is 4. The lowest BCUT2D eigenvalue weighted by atomic mass is 10.1. The number of nitrogens with zero attached hydrogens (tertiary/aromatic N) is 2. The number of aliphatic imine (C=N–C) groups is 1. The zero-order chi connectivity index (χ0) is 18.3. The highest BCUT2D eigenvalue weighted by Gasteiger charge is 2.32. The fourth-order valence-electron chi connectivity index (χ4n) is 3.46. The Morgan fingerprint density at radius 2 is 1.92 bits per heavy atom. The maximum Gasteiger partial charge on any atom is 0.225 e. The first-order chi connectivity index (χ1) is 11.9. The van der Waals surface area contributed by atoms with Crippen molar-refractivity contribution in [2.75, 3.05) is 37.7 Å². The molecule has 0 bridgehead atoms. The largest absolute Gasteiger partial charge is 0.357 e. The Morgan fingerprint density at radius 1 is 1.20 bits per heavy atom. The molecule has 1 saturated carbocycles. The van der Waals surface area contributed by atoms with Crippen molar-refractivity contribution < 1.29 is 13.2 Å². The maximum absolute atomic E-state index is 12.5. The van der Waals surface area contributed by atoms with Crippen molar-refractivity contribution in [1.29, 1.82) is 0 Å². The molecule has 1 unspecified atom stereocenters. The number of carbonyl (C=O) groups is 1. The predicted molar refractivity (Wildman–Crippen MR) is 100 cm³/mol. The van der Waals surface area contributed by atoms with Crippen molar-refractivity contribution in [2.45, 2.75) is 52.0 Å². The van der Waals surface area contributed by atoms with E-state index < -0.39 is 9.84 Å². The van der Waals surface area contributed by atoms with E-state index in [1.54, 1.807) is 6.92 Å². The lowest BCUT2D eigenvalue weighted by molar-refractivity contribution is -0.134. The molecule has 0 aromatic carbocycles. The summed E-state index contributed by atoms with van der Waals surface area (Å²) in [7, 11) is -3.00. The van der Waals surface area contributed by atoms with E-state index in [9.17, 15) is 13.2 Å². The van der Waals surface area contributed by atoms with E-state index in [-0.39, 0.29) is 30.0 Å². The molecule has 1 atom stereocenters. The highest BCUT2D eigenvalue weighted by atomic mass is 32.2. The third-order valence-corrected chi connectivity index (χ3v) is 6.69. The molecule has 0 radical (unpaired) electrons. The van der Waals surface area contributed by atoms with Crippen LogP contribution in [0, 0.1) is 5.92 Å². The molecule has 2 rings (SSSR count). The van der Waals surface area contributed by atoms with Gasteiger partial charge < -0.3 is 15.5 Å². The standard InChI is InChI=1S/C17H32N4O3S/c1-3-18-17(19-10-12-25(23,24)4-2)20-15-9-11-21(13-15)16(22)14-7-5-6-8-14/h14-15H,3-13H2,1-2H3,(H2,18,19,20). The molecule has 0 aromatic heterocycles. The van der Waals surface area contributed by atoms with Gasteiger partial charge in [0.15, 0.2) is 15.8 Å². The molecule has 25 heavy (non-hydrogen) atoms. The topological polar surface area (TPSA) is 90.9 Å². The molecule has 2 aliphatic rings. The molecular formula is C17H32N4O3S. The molecular weight excluding hydrogens is 340 g/mol. The smallest absolute Gasteiger partial charge is 0.225 e. The normalized spacial score (nSPS) is 22.4. The SMILES string of the molecule is CCNC(=NCCS(=O)(=O)CC)NC1CCN(C(=O)C2CCCC2)C1. The zero-order valence-corrected chi connectivity index (χ0v) is 16.3. The number of guanidine groups is 1. The van der Waals surface area contributed by atoms with Crippen LogP contribution in [0.15, 0.2) is 4.99 Å². The Labute approximate surface area is 151 Å². The van der Waals surface area contributed by atoms with Crippen LogP contribution in [0.3, 0.4) is 0 Å². The summed E-state index contributed by atoms with van der Waals surface area (Å²) in [6.45, 7) is 6.08. The van der Waals surface area contributed by atoms with Crippen LogP contribution in [0.1, 0.15) is 46.0 Å². The zero-order valence-electron chi connectivity index (χ0n) is 15.5. The van der Waals surface area contributed by atoms with E-state index >= 15 is 0 Å². The first-order valence-electron chi connectivity index (χ1n) is 9.49. The fraction of sp³-hybridized carbons (Fsp3) is 0.882. The number of amides is 1. The molecule has 1 amide bonds. The van der Waals surface area contributed by atoms with Crippen molar-refractivity contribution in [3.8, 4) is 0 Å². The second-order valence-electron chi connectivity index (χ2n) is 6.89. The quantitative estimate of drug-likeness (QED) is 0.509. The van der Waals surface area contributed by atoms with Gasteiger partial charge in [0.1, 0.15) is 0 Å². The van der Waals surface area contributed by atoms with Crippen molar-refractivity contribution in [1.82, 2.24) is 15.5 Å². The van der Waals surface area contributed by atoms with Crippen LogP contribution in [0.25, 0.3) is 0 Å². The summed E-state index contributed by atoms with van der Waals surface area (Å²) in [5, 5.41) is 6.50. The maximum atomic E-state index is 12.5. The average Bonchev–Trinajstić information content (AvgIpc) is 3.26. The van der Waals surface area contributed by atoms with Gasteiger partial charge >= 0.3 is 0 Å². The van der Waals surface area contributed by atoms with Gasteiger partial charge in [-0.1, -0.05) is 19.8 Å². The summed E-state index contributed by atoms with van der Waals surface area (Å²) in [5.41, 5.74) is 0. The van der Waals surface area contributed by atoms with Crippen LogP contribution in [0.5, 0.6) is 0 Å². The van der Waals surface area contributed by atoms with E-state index in [0.29, 0.717) is 25.0 Å². The molecule has 1 heterocycles. The molecule has 0 spiro atoms. The molecule has 1 aliphatic heterocycles. The molecule has 0 aromatic rings. The number of hydrogen-bond donors (Lipinski definition) is 2. The van der Waals surface area contributed by atoms with Crippen molar-refractivity contribution in [3.05, 3.63) is 0 Å². The third kappa shape index (κ3) is 6.17. The second kappa shape index (κ2) is 9.40. The fourth-order valence-corrected chi connectivity index (χ4v) is 4.12. The van der Waals surface area contributed by atoms with Gasteiger partial charge in [-0.15, -0.1) is 0 Å². The van der Waals surface area contributed by atoms with Crippen LogP contribution in [-0.2, 0) is 14.6 Å². The highest BCUT2D eigenvalue weighted by molar-refractivity contribution is 7.91. The molecule has 144 valence electrons. The van der Waals surface area contributed by atoms with Gasteiger partial charge in [0.25, 0.3) is 0 Å². The van der Waals surface area contributed by atoms with Crippen LogP contribution in [-0.4, -0.2) is 68.9 Å². The summed E-state index contributed by atoms with van der Waals surface area (Å²) in [5.74, 6) is 1.37. The minimum atomic E-state index is -3.00. The molecule has 8 heteroatoms. The van der Waals surface area contributed by atoms with E-state index in [4.69, 9.17) is 0 Å². The van der Waals surface area contributed by atoms with Gasteiger partial charge in [0, 0.05) is 37.3 Å². The molecule has 2 N–H and O–H groups in total. The van der Waals surface area contributed by atoms with Crippen LogP contribution < -0.4 is 10.6 Å². The minimum absolute atomic E-state index is 0.0665. The molecule has 7 nitrogen and oxygen atoms in total. The summed E-state index contributed by atoms with van der Waals surface area (Å²) in [6.07, 6.45) is 5.30. The molecule has 2 fully saturated rings. The Kier molecular flexibility index (Phi) is 7.53. The lowest BCUT2D eigenvalue weighted by Gasteiger charge is -2.21. The van der Waals surface area contributed by atoms with E-state index in [2.05, 4.69) is 15.6 Å². The Bertz CT molecular complexity index is 570. The molecule has 1 saturated heterocycles. The van der Waals surface area contributed by atoms with Gasteiger partial charge in [0.2, 0.25) is 5.91 Å². The number of sulfone groups is 1. The van der Waals surface area contributed by atoms with Crippen LogP contribution >= 0.6 is 0 Å². The van der Waals surface area contributed by atoms with E-state index in [1.807, 2.05) is 11.8 Å². The monoisotopic (exact) mass is 372 g/mol. The van der Waals surface area contributed by atoms with Crippen LogP contribution in [0.4, 0.5) is 0 Å². The third-order valence-electron chi connectivity index (χ3n) is 5.00. The summed E-state index contributed by atoms with van der Waals surface area (Å²) in [4.78, 5) is 18.8. The van der Waals surface area contributed by atoms with E-state index in [0.717, 1.165) is 25.8 Å². The summed E-state index contributed by atoms with van der Waals surface area (Å²) in [6, 6.07) is 0.172. The predicted octanol–water partition coefficient (Wildman–Crippen LogP) is 0.767. The molecule has 1 aliphatic carbocycles. The summed E-state index contributed by atoms with van der Waals surface area (Å²) < 4.78 is 23.1. The van der Waals surface area contributed by atoms with Gasteiger partial charge in [-0.05, 0) is 26.2 Å². The minimum Gasteiger partial charge on any atom is -0.357 e. The van der Waals surface area contributed by atoms with E-state index in [1.165, 1.54) is 12.8 Å². The van der Waals surface area contributed by atoms with Gasteiger partial charge in [-0.25, -0.2) is 8.42 Å². The van der Waals surface area contributed by atoms with Gasteiger partial charge in [-0.2, -0.15) is 0 Å². The van der Waals surface area contributed by atoms with Gasteiger partial charge in [0.05, 0.1) is 12.3 Å². The van der Waals surface area contributed by atoms with Gasteiger partial charge in [-0.3, -0.25) is 9.79 Å². The Hall–Kier alpha value is -1.31. The van der Waals surface area contributed by atoms with Crippen molar-refractivity contribution >= 4 is 21.7 Å².